The van der Waals surface area contributed by atoms with E-state index in [1.165, 1.54) is 0 Å². The molecule has 2 rings (SSSR count). The normalized spacial score (nSPS) is 24.4. The lowest BCUT2D eigenvalue weighted by atomic mass is 9.89. The van der Waals surface area contributed by atoms with E-state index in [1.54, 1.807) is 0 Å². The second-order valence-corrected chi connectivity index (χ2v) is 6.10. The molecule has 2 fully saturated rings. The Labute approximate surface area is 102 Å². The summed E-state index contributed by atoms with van der Waals surface area (Å²) in [6.07, 6.45) is -0.0347. The summed E-state index contributed by atoms with van der Waals surface area (Å²) in [7, 11) is -4.62. The maximum Gasteiger partial charge on any atom is 0.350 e. The van der Waals surface area contributed by atoms with Crippen LogP contribution in [0.5, 0.6) is 0 Å². The van der Waals surface area contributed by atoms with Gasteiger partial charge in [0.05, 0.1) is 0 Å². The number of hydrogen-bond acceptors (Lipinski definition) is 4. The van der Waals surface area contributed by atoms with Crippen molar-refractivity contribution in [2.45, 2.75) is 24.1 Å². The number of nitrogens with zero attached hydrogens (tertiary/aromatic N) is 1. The predicted molar refractivity (Wildman–Crippen MR) is 55.1 cm³/mol. The van der Waals surface area contributed by atoms with Gasteiger partial charge in [0, 0.05) is 13.1 Å². The fraction of sp³-hybridized carbons (Fsp3) is 0.750. The van der Waals surface area contributed by atoms with Crippen LogP contribution in [-0.4, -0.2) is 49.0 Å². The monoisotopic (exact) mass is 283 g/mol. The number of amides is 3. The fourth-order valence-electron chi connectivity index (χ4n) is 2.12. The second kappa shape index (κ2) is 4.12. The number of urea groups is 1. The zero-order valence-corrected chi connectivity index (χ0v) is 9.97. The number of carbonyl (C=O) groups excluding carboxylic acids is 2. The van der Waals surface area contributed by atoms with E-state index < -0.39 is 33.3 Å². The van der Waals surface area contributed by atoms with E-state index in [0.29, 0.717) is 4.31 Å². The van der Waals surface area contributed by atoms with Crippen molar-refractivity contribution < 1.29 is 26.8 Å². The first-order valence-electron chi connectivity index (χ1n) is 5.19. The summed E-state index contributed by atoms with van der Waals surface area (Å²) in [6.45, 7) is -0.444. The zero-order valence-electron chi connectivity index (χ0n) is 9.15. The van der Waals surface area contributed by atoms with Gasteiger partial charge in [0.25, 0.3) is 15.9 Å². The standard InChI is InChI=1S/C8H11F2N3O4S/c9-6(10)18(16,17)13-3-1-8(2-4-13)5(14)11-7(15)12-8/h6H,1-4H2,(H2,11,12,14,15). The summed E-state index contributed by atoms with van der Waals surface area (Å²) >= 11 is 0. The summed E-state index contributed by atoms with van der Waals surface area (Å²) in [5.74, 6) is -4.01. The van der Waals surface area contributed by atoms with E-state index in [2.05, 4.69) is 5.32 Å². The Hall–Kier alpha value is -1.29. The van der Waals surface area contributed by atoms with Gasteiger partial charge < -0.3 is 5.32 Å². The van der Waals surface area contributed by atoms with E-state index >= 15 is 0 Å². The van der Waals surface area contributed by atoms with E-state index in [9.17, 15) is 26.8 Å². The van der Waals surface area contributed by atoms with Crippen LogP contribution in [0.15, 0.2) is 0 Å². The lowest BCUT2D eigenvalue weighted by Gasteiger charge is -2.35. The SMILES string of the molecule is O=C1NC(=O)C2(CCN(S(=O)(=O)C(F)F)CC2)N1. The molecule has 3 amide bonds. The molecule has 0 radical (unpaired) electrons. The molecule has 102 valence electrons. The molecule has 0 aromatic carbocycles. The minimum absolute atomic E-state index is 0.0173. The van der Waals surface area contributed by atoms with Crippen molar-refractivity contribution in [3.63, 3.8) is 0 Å². The molecule has 0 aromatic rings. The molecule has 0 aliphatic carbocycles. The Kier molecular flexibility index (Phi) is 3.01. The molecule has 0 aromatic heterocycles. The van der Waals surface area contributed by atoms with Gasteiger partial charge in [0.15, 0.2) is 0 Å². The first-order valence-corrected chi connectivity index (χ1v) is 6.69. The fourth-order valence-corrected chi connectivity index (χ4v) is 3.03. The Bertz CT molecular complexity index is 485. The third-order valence-corrected chi connectivity index (χ3v) is 4.71. The van der Waals surface area contributed by atoms with E-state index in [-0.39, 0.29) is 25.9 Å². The van der Waals surface area contributed by atoms with E-state index in [1.807, 2.05) is 5.32 Å². The molecule has 0 bridgehead atoms. The molecular weight excluding hydrogens is 272 g/mol. The number of nitrogens with one attached hydrogen (secondary N) is 2. The van der Waals surface area contributed by atoms with Crippen molar-refractivity contribution >= 4 is 22.0 Å². The first-order chi connectivity index (χ1) is 8.28. The molecule has 1 spiro atoms. The van der Waals surface area contributed by atoms with Crippen LogP contribution in [0, 0.1) is 0 Å². The van der Waals surface area contributed by atoms with Crippen LogP contribution in [0.1, 0.15) is 12.8 Å². The van der Waals surface area contributed by atoms with Crippen LogP contribution in [0.3, 0.4) is 0 Å². The van der Waals surface area contributed by atoms with Crippen LogP contribution in [0.25, 0.3) is 0 Å². The Morgan fingerprint density at radius 2 is 1.78 bits per heavy atom. The molecule has 2 aliphatic rings. The highest BCUT2D eigenvalue weighted by atomic mass is 32.2. The topological polar surface area (TPSA) is 95.6 Å². The Morgan fingerprint density at radius 3 is 2.17 bits per heavy atom. The lowest BCUT2D eigenvalue weighted by molar-refractivity contribution is -0.125. The van der Waals surface area contributed by atoms with E-state index in [4.69, 9.17) is 0 Å². The summed E-state index contributed by atoms with van der Waals surface area (Å²) in [4.78, 5) is 22.6. The summed E-state index contributed by atoms with van der Waals surface area (Å²) < 4.78 is 47.7. The molecule has 2 N–H and O–H groups in total. The zero-order chi connectivity index (χ0) is 13.6. The van der Waals surface area contributed by atoms with Crippen LogP contribution >= 0.6 is 0 Å². The van der Waals surface area contributed by atoms with Gasteiger partial charge in [-0.15, -0.1) is 0 Å². The van der Waals surface area contributed by atoms with Crippen LogP contribution < -0.4 is 10.6 Å². The number of alkyl halides is 2. The lowest BCUT2D eigenvalue weighted by Crippen LogP contribution is -2.56. The summed E-state index contributed by atoms with van der Waals surface area (Å²) in [6, 6.07) is -0.648. The quantitative estimate of drug-likeness (QED) is 0.649. The third-order valence-electron chi connectivity index (χ3n) is 3.18. The van der Waals surface area contributed by atoms with Gasteiger partial charge in [0.2, 0.25) is 0 Å². The van der Waals surface area contributed by atoms with Crippen LogP contribution in [0.4, 0.5) is 13.6 Å². The highest BCUT2D eigenvalue weighted by Crippen LogP contribution is 2.28. The molecule has 2 heterocycles. The Morgan fingerprint density at radius 1 is 1.22 bits per heavy atom. The number of halogens is 2. The molecule has 2 aliphatic heterocycles. The first kappa shape index (κ1) is 13.1. The minimum atomic E-state index is -4.62. The summed E-state index contributed by atoms with van der Waals surface area (Å²) in [5.41, 5.74) is -1.16. The van der Waals surface area contributed by atoms with Gasteiger partial charge in [-0.2, -0.15) is 13.1 Å². The third kappa shape index (κ3) is 1.94. The molecule has 0 saturated carbocycles. The van der Waals surface area contributed by atoms with Crippen molar-refractivity contribution in [1.29, 1.82) is 0 Å². The number of carbonyl (C=O) groups is 2. The molecule has 0 atom stereocenters. The Balaban J connectivity index is 2.09. The van der Waals surface area contributed by atoms with Gasteiger partial charge in [-0.25, -0.2) is 13.2 Å². The van der Waals surface area contributed by atoms with Gasteiger partial charge >= 0.3 is 11.8 Å². The van der Waals surface area contributed by atoms with Crippen molar-refractivity contribution in [3.05, 3.63) is 0 Å². The van der Waals surface area contributed by atoms with Gasteiger partial charge in [-0.3, -0.25) is 10.1 Å². The van der Waals surface area contributed by atoms with Crippen molar-refractivity contribution in [1.82, 2.24) is 14.9 Å². The van der Waals surface area contributed by atoms with Crippen molar-refractivity contribution in [3.8, 4) is 0 Å². The predicted octanol–water partition coefficient (Wildman–Crippen LogP) is -0.787. The number of imide groups is 1. The van der Waals surface area contributed by atoms with Gasteiger partial charge in [0.1, 0.15) is 5.54 Å². The van der Waals surface area contributed by atoms with E-state index in [0.717, 1.165) is 0 Å². The highest BCUT2D eigenvalue weighted by molar-refractivity contribution is 7.89. The van der Waals surface area contributed by atoms with Gasteiger partial charge in [-0.1, -0.05) is 0 Å². The average Bonchev–Trinajstić information content (AvgIpc) is 2.54. The molecule has 0 unspecified atom stereocenters. The smallest absolute Gasteiger partial charge is 0.323 e. The molecule has 7 nitrogen and oxygen atoms in total. The van der Waals surface area contributed by atoms with Crippen LogP contribution in [-0.2, 0) is 14.8 Å². The minimum Gasteiger partial charge on any atom is -0.323 e. The number of rotatable bonds is 2. The second-order valence-electron chi connectivity index (χ2n) is 4.19. The average molecular weight is 283 g/mol. The van der Waals surface area contributed by atoms with Crippen molar-refractivity contribution in [2.24, 2.45) is 0 Å². The molecule has 10 heteroatoms. The number of hydrogen-bond donors (Lipinski definition) is 2. The van der Waals surface area contributed by atoms with Crippen molar-refractivity contribution in [2.75, 3.05) is 13.1 Å². The summed E-state index contributed by atoms with van der Waals surface area (Å²) in [5, 5.41) is 4.46. The largest absolute Gasteiger partial charge is 0.350 e. The molecule has 2 saturated heterocycles. The maximum atomic E-state index is 12.3. The molecular formula is C8H11F2N3O4S. The number of sulfonamides is 1. The molecule has 18 heavy (non-hydrogen) atoms. The number of piperidine rings is 1. The maximum absolute atomic E-state index is 12.3. The van der Waals surface area contributed by atoms with Crippen LogP contribution in [0.2, 0.25) is 0 Å². The van der Waals surface area contributed by atoms with Gasteiger partial charge in [-0.05, 0) is 12.8 Å². The highest BCUT2D eigenvalue weighted by Gasteiger charge is 2.50.